The zero-order chi connectivity index (χ0) is 15.3. The molecule has 0 aromatic rings. The van der Waals surface area contributed by atoms with E-state index in [2.05, 4.69) is 14.5 Å². The molecule has 1 aliphatic heterocycles. The van der Waals surface area contributed by atoms with Gasteiger partial charge in [-0.1, -0.05) is 0 Å². The molecule has 0 radical (unpaired) electrons. The Hall–Kier alpha value is -2.48. The quantitative estimate of drug-likeness (QED) is 0.389. The first-order valence-corrected chi connectivity index (χ1v) is 5.01. The van der Waals surface area contributed by atoms with Crippen molar-refractivity contribution in [1.29, 1.82) is 0 Å². The Balaban J connectivity index is 2.84. The molecule has 20 heavy (non-hydrogen) atoms. The molecule has 1 heterocycles. The first-order valence-electron chi connectivity index (χ1n) is 5.01. The molecule has 0 aliphatic carbocycles. The third-order valence-corrected chi connectivity index (χ3v) is 2.34. The molecule has 14 heteroatoms. The van der Waals surface area contributed by atoms with E-state index in [1.54, 1.807) is 0 Å². The van der Waals surface area contributed by atoms with Gasteiger partial charge in [-0.3, -0.25) is 0 Å². The summed E-state index contributed by atoms with van der Waals surface area (Å²) >= 11 is 0. The molecule has 4 atom stereocenters. The Labute approximate surface area is 109 Å². The Bertz CT molecular complexity index is 388. The van der Waals surface area contributed by atoms with E-state index in [1.165, 1.54) is 0 Å². The maximum Gasteiger partial charge on any atom is 0.294 e. The van der Waals surface area contributed by atoms with Gasteiger partial charge in [-0.2, -0.15) is 0 Å². The van der Waals surface area contributed by atoms with E-state index in [-0.39, 0.29) is 0 Å². The van der Waals surface area contributed by atoms with Crippen molar-refractivity contribution in [2.24, 2.45) is 0 Å². The van der Waals surface area contributed by atoms with Gasteiger partial charge in [-0.15, -0.1) is 30.3 Å². The van der Waals surface area contributed by atoms with Crippen LogP contribution in [0, 0.1) is 30.3 Å². The summed E-state index contributed by atoms with van der Waals surface area (Å²) in [6.07, 6.45) is -6.24. The Morgan fingerprint density at radius 3 is 2.20 bits per heavy atom. The van der Waals surface area contributed by atoms with Crippen molar-refractivity contribution in [3.05, 3.63) is 30.3 Å². The van der Waals surface area contributed by atoms with Crippen LogP contribution in [0.3, 0.4) is 0 Å². The second kappa shape index (κ2) is 6.62. The van der Waals surface area contributed by atoms with Crippen LogP contribution in [-0.2, 0) is 19.2 Å². The van der Waals surface area contributed by atoms with Crippen LogP contribution < -0.4 is 0 Å². The maximum atomic E-state index is 10.3. The largest absolute Gasteiger partial charge is 0.394 e. The first kappa shape index (κ1) is 15.6. The molecule has 0 unspecified atom stereocenters. The predicted molar refractivity (Wildman–Crippen MR) is 52.4 cm³/mol. The topological polar surface area (TPSA) is 187 Å². The van der Waals surface area contributed by atoms with Gasteiger partial charge >= 0.3 is 0 Å². The molecule has 1 rings (SSSR count). The molecular formula is C6H9N3O11. The fourth-order valence-corrected chi connectivity index (χ4v) is 1.66. The third-order valence-electron chi connectivity index (χ3n) is 2.34. The molecule has 114 valence electrons. The average molecular weight is 299 g/mol. The van der Waals surface area contributed by atoms with Crippen molar-refractivity contribution in [2.45, 2.75) is 24.4 Å². The van der Waals surface area contributed by atoms with Crippen molar-refractivity contribution in [3.8, 4) is 0 Å². The molecule has 0 aromatic carbocycles. The van der Waals surface area contributed by atoms with Crippen LogP contribution in [0.5, 0.6) is 0 Å². The zero-order valence-electron chi connectivity index (χ0n) is 9.59. The highest BCUT2D eigenvalue weighted by molar-refractivity contribution is 4.89. The zero-order valence-corrected chi connectivity index (χ0v) is 9.59. The van der Waals surface area contributed by atoms with Crippen LogP contribution in [0.15, 0.2) is 0 Å². The van der Waals surface area contributed by atoms with Crippen LogP contribution in [0.1, 0.15) is 0 Å². The summed E-state index contributed by atoms with van der Waals surface area (Å²) in [6, 6.07) is 0. The van der Waals surface area contributed by atoms with Gasteiger partial charge in [-0.25, -0.2) is 0 Å². The van der Waals surface area contributed by atoms with Crippen molar-refractivity contribution in [3.63, 3.8) is 0 Å². The molecule has 1 fully saturated rings. The first-order chi connectivity index (χ1) is 9.35. The Morgan fingerprint density at radius 1 is 1.15 bits per heavy atom. The van der Waals surface area contributed by atoms with Gasteiger partial charge in [0.05, 0.1) is 13.2 Å². The summed E-state index contributed by atoms with van der Waals surface area (Å²) in [6.45, 7) is -1.42. The van der Waals surface area contributed by atoms with Crippen molar-refractivity contribution >= 4 is 0 Å². The monoisotopic (exact) mass is 299 g/mol. The molecule has 0 amide bonds. The molecule has 1 N–H and O–H groups in total. The molecule has 1 aliphatic rings. The molecule has 0 saturated carbocycles. The number of aliphatic hydroxyl groups excluding tert-OH is 1. The highest BCUT2D eigenvalue weighted by Crippen LogP contribution is 2.25. The predicted octanol–water partition coefficient (Wildman–Crippen LogP) is -1.89. The summed E-state index contributed by atoms with van der Waals surface area (Å²) in [4.78, 5) is 43.1. The number of rotatable bonds is 8. The van der Waals surface area contributed by atoms with Gasteiger partial charge in [0, 0.05) is 0 Å². The lowest BCUT2D eigenvalue weighted by atomic mass is 10.1. The van der Waals surface area contributed by atoms with Crippen molar-refractivity contribution in [1.82, 2.24) is 0 Å². The lowest BCUT2D eigenvalue weighted by molar-refractivity contribution is -0.799. The van der Waals surface area contributed by atoms with Gasteiger partial charge < -0.3 is 24.4 Å². The number of hydrogen-bond donors (Lipinski definition) is 1. The van der Waals surface area contributed by atoms with E-state index in [0.717, 1.165) is 0 Å². The van der Waals surface area contributed by atoms with Crippen LogP contribution in [-0.4, -0.2) is 58.0 Å². The van der Waals surface area contributed by atoms with Crippen LogP contribution in [0.25, 0.3) is 0 Å². The summed E-state index contributed by atoms with van der Waals surface area (Å²) in [5.41, 5.74) is 0. The normalized spacial score (nSPS) is 26.6. The number of ether oxygens (including phenoxy) is 1. The van der Waals surface area contributed by atoms with Gasteiger partial charge in [-0.05, 0) is 0 Å². The molecular weight excluding hydrogens is 290 g/mol. The highest BCUT2D eigenvalue weighted by Gasteiger charge is 2.47. The minimum atomic E-state index is -1.66. The second-order valence-corrected chi connectivity index (χ2v) is 3.51. The molecule has 0 bridgehead atoms. The fourth-order valence-electron chi connectivity index (χ4n) is 1.66. The van der Waals surface area contributed by atoms with Gasteiger partial charge in [0.2, 0.25) is 0 Å². The Kier molecular flexibility index (Phi) is 5.15. The molecule has 0 aromatic heterocycles. The van der Waals surface area contributed by atoms with E-state index in [4.69, 9.17) is 9.84 Å². The lowest BCUT2D eigenvalue weighted by Gasteiger charge is -2.24. The highest BCUT2D eigenvalue weighted by atomic mass is 17.0. The van der Waals surface area contributed by atoms with Crippen LogP contribution >= 0.6 is 0 Å². The number of aliphatic hydroxyl groups is 1. The van der Waals surface area contributed by atoms with E-state index in [1.807, 2.05) is 0 Å². The van der Waals surface area contributed by atoms with Gasteiger partial charge in [0.25, 0.3) is 15.3 Å². The van der Waals surface area contributed by atoms with E-state index in [0.29, 0.717) is 0 Å². The average Bonchev–Trinajstić information content (AvgIpc) is 2.67. The Morgan fingerprint density at radius 2 is 1.75 bits per heavy atom. The van der Waals surface area contributed by atoms with Crippen molar-refractivity contribution in [2.75, 3.05) is 13.2 Å². The van der Waals surface area contributed by atoms with E-state index in [9.17, 15) is 30.3 Å². The molecule has 0 spiro atoms. The molecule has 14 nitrogen and oxygen atoms in total. The van der Waals surface area contributed by atoms with Crippen LogP contribution in [0.4, 0.5) is 0 Å². The SMILES string of the molecule is O=[N+]([O-])O[C@H]1[C@@H]([C@@H](CO)O[N+](=O)[O-])OC[C@@H]1O[N+](=O)[O-]. The maximum absolute atomic E-state index is 10.3. The van der Waals surface area contributed by atoms with Crippen molar-refractivity contribution < 1.29 is 39.6 Å². The van der Waals surface area contributed by atoms with E-state index >= 15 is 0 Å². The number of hydrogen-bond acceptors (Lipinski definition) is 11. The fraction of sp³-hybridized carbons (Fsp3) is 1.00. The lowest BCUT2D eigenvalue weighted by Crippen LogP contribution is -2.46. The summed E-state index contributed by atoms with van der Waals surface area (Å²) in [5, 5.41) is 36.0. The third kappa shape index (κ3) is 4.02. The standard InChI is InChI=1S/C6H9N3O11/c10-1-3(18-7(11)12)5-6(20-9(15)16)4(2-17-5)19-8(13)14/h3-6,10H,1-2H2/t3-,4+,5-,6-/m1/s1. The van der Waals surface area contributed by atoms with Crippen LogP contribution in [0.2, 0.25) is 0 Å². The summed E-state index contributed by atoms with van der Waals surface area (Å²) in [7, 11) is 0. The minimum absolute atomic E-state index is 0.498. The van der Waals surface area contributed by atoms with E-state index < -0.39 is 52.9 Å². The second-order valence-electron chi connectivity index (χ2n) is 3.51. The number of nitrogens with zero attached hydrogens (tertiary/aromatic N) is 3. The van der Waals surface area contributed by atoms with Gasteiger partial charge in [0.1, 0.15) is 6.10 Å². The summed E-state index contributed by atoms with van der Waals surface area (Å²) < 4.78 is 4.89. The minimum Gasteiger partial charge on any atom is -0.394 e. The van der Waals surface area contributed by atoms with Gasteiger partial charge in [0.15, 0.2) is 18.3 Å². The summed E-state index contributed by atoms with van der Waals surface area (Å²) in [5.74, 6) is 0. The molecule has 1 saturated heterocycles. The smallest absolute Gasteiger partial charge is 0.294 e.